The average molecular weight is 916 g/mol. The molecule has 344 valence electrons. The van der Waals surface area contributed by atoms with Gasteiger partial charge in [-0.2, -0.15) is 4.98 Å². The summed E-state index contributed by atoms with van der Waals surface area (Å²) in [6.45, 7) is 6.26. The van der Waals surface area contributed by atoms with E-state index in [4.69, 9.17) is 21.1 Å². The van der Waals surface area contributed by atoms with Gasteiger partial charge in [0.1, 0.15) is 16.9 Å². The van der Waals surface area contributed by atoms with E-state index in [9.17, 15) is 24.0 Å². The minimum Gasteiger partial charge on any atom is -0.478 e. The van der Waals surface area contributed by atoms with Gasteiger partial charge in [0.25, 0.3) is 17.4 Å². The van der Waals surface area contributed by atoms with E-state index in [1.54, 1.807) is 32.0 Å². The van der Waals surface area contributed by atoms with Crippen molar-refractivity contribution in [3.8, 4) is 5.75 Å². The summed E-state index contributed by atoms with van der Waals surface area (Å²) in [4.78, 5) is 77.4. The number of benzene rings is 2. The number of carbonyl (C=O) groups is 4. The van der Waals surface area contributed by atoms with Crippen LogP contribution in [-0.2, 0) is 25.7 Å². The third-order valence-corrected chi connectivity index (χ3v) is 13.9. The Kier molecular flexibility index (Phi) is 12.5. The second-order valence-corrected chi connectivity index (χ2v) is 18.3. The molecule has 2 aromatic carbocycles. The number of fused-ring (bicyclic) bond motifs is 2. The van der Waals surface area contributed by atoms with Crippen LogP contribution >= 0.6 is 11.6 Å². The molecule has 3 N–H and O–H groups in total. The van der Waals surface area contributed by atoms with Crippen LogP contribution in [0.4, 0.5) is 26.2 Å². The molecule has 16 nitrogen and oxygen atoms in total. The normalized spacial score (nSPS) is 22.0. The number of halogens is 3. The first-order chi connectivity index (χ1) is 31.3. The highest BCUT2D eigenvalue weighted by Crippen LogP contribution is 2.40. The van der Waals surface area contributed by atoms with Crippen LogP contribution in [0.2, 0.25) is 5.02 Å². The summed E-state index contributed by atoms with van der Waals surface area (Å²) in [7, 11) is 1.45. The van der Waals surface area contributed by atoms with Gasteiger partial charge in [-0.3, -0.25) is 29.3 Å². The molecule has 6 heterocycles. The van der Waals surface area contributed by atoms with Crippen LogP contribution in [-0.4, -0.2) is 112 Å². The number of pyridine rings is 1. The van der Waals surface area contributed by atoms with Gasteiger partial charge in [-0.15, -0.1) is 0 Å². The first kappa shape index (κ1) is 44.5. The van der Waals surface area contributed by atoms with E-state index in [2.05, 4.69) is 35.7 Å². The molecule has 1 aliphatic carbocycles. The Bertz CT molecular complexity index is 2610. The average Bonchev–Trinajstić information content (AvgIpc) is 3.62. The molecule has 5 aliphatic rings. The van der Waals surface area contributed by atoms with Crippen LogP contribution in [0.25, 0.3) is 10.9 Å². The van der Waals surface area contributed by atoms with E-state index < -0.39 is 35.8 Å². The maximum Gasteiger partial charge on any atom is 0.293 e. The van der Waals surface area contributed by atoms with Gasteiger partial charge in [0.2, 0.25) is 17.8 Å². The minimum absolute atomic E-state index is 0.0264. The van der Waals surface area contributed by atoms with E-state index in [0.29, 0.717) is 47.3 Å². The Balaban J connectivity index is 0.756. The quantitative estimate of drug-likeness (QED) is 0.156. The minimum atomic E-state index is -0.779. The Morgan fingerprint density at radius 3 is 2.43 bits per heavy atom. The number of nitrogens with zero attached hydrogens (tertiary/aromatic N) is 6. The van der Waals surface area contributed by atoms with E-state index >= 15 is 8.78 Å². The number of carbonyl (C=O) groups excluding carboxylic acids is 4. The number of nitrogens with one attached hydrogen (secondary N) is 3. The maximum absolute atomic E-state index is 16.2. The molecule has 0 spiro atoms. The molecule has 1 atom stereocenters. The van der Waals surface area contributed by atoms with E-state index in [1.807, 2.05) is 0 Å². The molecule has 0 bridgehead atoms. The number of rotatable bonds is 12. The van der Waals surface area contributed by atoms with Crippen LogP contribution in [0.15, 0.2) is 41.3 Å². The zero-order valence-electron chi connectivity index (χ0n) is 36.5. The molecular weight excluding hydrogens is 864 g/mol. The highest BCUT2D eigenvalue weighted by atomic mass is 35.5. The van der Waals surface area contributed by atoms with Gasteiger partial charge in [-0.1, -0.05) is 17.7 Å². The molecule has 1 saturated carbocycles. The fourth-order valence-corrected chi connectivity index (χ4v) is 10.1. The number of likely N-dealkylation sites (N-methyl/N-ethyl adjacent to an activating group) is 1. The van der Waals surface area contributed by atoms with Gasteiger partial charge in [0, 0.05) is 55.2 Å². The van der Waals surface area contributed by atoms with Crippen molar-refractivity contribution in [3.63, 3.8) is 0 Å². The molecule has 2 aromatic heterocycles. The summed E-state index contributed by atoms with van der Waals surface area (Å²) in [6, 6.07) is 7.22. The zero-order chi connectivity index (χ0) is 45.7. The second-order valence-electron chi connectivity index (χ2n) is 17.9. The van der Waals surface area contributed by atoms with Crippen LogP contribution in [0, 0.1) is 11.6 Å². The number of hydrogen-bond acceptors (Lipinski definition) is 12. The van der Waals surface area contributed by atoms with Crippen molar-refractivity contribution in [2.24, 2.45) is 0 Å². The van der Waals surface area contributed by atoms with E-state index in [0.717, 1.165) is 51.6 Å². The molecule has 0 radical (unpaired) electrons. The number of anilines is 3. The maximum atomic E-state index is 16.2. The predicted octanol–water partition coefficient (Wildman–Crippen LogP) is 5.33. The number of imide groups is 1. The van der Waals surface area contributed by atoms with Crippen molar-refractivity contribution in [1.29, 1.82) is 0 Å². The van der Waals surface area contributed by atoms with E-state index in [-0.39, 0.29) is 88.8 Å². The lowest BCUT2D eigenvalue weighted by molar-refractivity contribution is -0.137. The lowest BCUT2D eigenvalue weighted by Crippen LogP contribution is -2.52. The zero-order valence-corrected chi connectivity index (χ0v) is 37.3. The lowest BCUT2D eigenvalue weighted by Gasteiger charge is -2.47. The van der Waals surface area contributed by atoms with Crippen molar-refractivity contribution >= 4 is 63.6 Å². The van der Waals surface area contributed by atoms with Crippen LogP contribution in [0.1, 0.15) is 98.7 Å². The third-order valence-electron chi connectivity index (χ3n) is 13.6. The number of hydrogen-bond donors (Lipinski definition) is 3. The third kappa shape index (κ3) is 8.75. The fourth-order valence-electron chi connectivity index (χ4n) is 9.93. The summed E-state index contributed by atoms with van der Waals surface area (Å²) >= 11 is 6.52. The number of piperidine rings is 3. The SMILES string of the molecule is CNC(=O)COc1cc2c(F)c(Nc3nc(N4CCC(O[C@H]5C[C@H](N6CCC(c7ccc8c(c7F)CN(C7CCC(=O)NC7=O)C8=O)CC6)C5)CC4)ncc3Cl)ccc2n(C(C)C)c1=O. The van der Waals surface area contributed by atoms with Crippen molar-refractivity contribution < 1.29 is 37.4 Å². The lowest BCUT2D eigenvalue weighted by atomic mass is 9.83. The highest BCUT2D eigenvalue weighted by Gasteiger charge is 2.42. The molecule has 65 heavy (non-hydrogen) atoms. The molecule has 9 rings (SSSR count). The molecule has 4 fully saturated rings. The standard InChI is InChI=1S/C46H52ClF2N9O7/c1-24(2)58-35-7-6-34(41(49)31(35)20-37(45(58)63)64-23-39(60)50-3)52-42-33(47)21-51-46(54-42)56-16-12-27(13-17-56)65-28-18-26(19-28)55-14-10-25(11-15-55)29-4-5-30-32(40(29)48)22-57(44(30)62)36-8-9-38(59)53-43(36)61/h4-7,20-21,24-28,36H,8-19,22-23H2,1-3H3,(H,50,60)(H,51,52,54)(H,53,59,61)/t26-,28-,36?. The van der Waals surface area contributed by atoms with Gasteiger partial charge in [-0.25, -0.2) is 13.8 Å². The summed E-state index contributed by atoms with van der Waals surface area (Å²) in [5.74, 6) is -2.11. The van der Waals surface area contributed by atoms with Crippen molar-refractivity contribution in [2.45, 2.75) is 108 Å². The van der Waals surface area contributed by atoms with Crippen molar-refractivity contribution in [3.05, 3.63) is 80.2 Å². The number of aromatic nitrogens is 3. The van der Waals surface area contributed by atoms with Crippen molar-refractivity contribution in [1.82, 2.24) is 35.0 Å². The van der Waals surface area contributed by atoms with Crippen LogP contribution in [0.5, 0.6) is 5.75 Å². The predicted molar refractivity (Wildman–Crippen MR) is 238 cm³/mol. The fraction of sp³-hybridized carbons (Fsp3) is 0.500. The first-order valence-corrected chi connectivity index (χ1v) is 22.8. The smallest absolute Gasteiger partial charge is 0.293 e. The van der Waals surface area contributed by atoms with Crippen molar-refractivity contribution in [2.75, 3.05) is 50.1 Å². The molecular formula is C46H52ClF2N9O7. The van der Waals surface area contributed by atoms with Gasteiger partial charge >= 0.3 is 0 Å². The molecule has 4 aromatic rings. The van der Waals surface area contributed by atoms with Crippen LogP contribution < -0.4 is 31.1 Å². The summed E-state index contributed by atoms with van der Waals surface area (Å²) in [5, 5.41) is 8.07. The number of ether oxygens (including phenoxy) is 2. The Morgan fingerprint density at radius 2 is 1.72 bits per heavy atom. The van der Waals surface area contributed by atoms with Gasteiger partial charge < -0.3 is 39.4 Å². The van der Waals surface area contributed by atoms with Gasteiger partial charge in [0.05, 0.1) is 36.2 Å². The molecule has 4 amide bonds. The Labute approximate surface area is 379 Å². The van der Waals surface area contributed by atoms with Crippen LogP contribution in [0.3, 0.4) is 0 Å². The van der Waals surface area contributed by atoms with Gasteiger partial charge in [0.15, 0.2) is 24.0 Å². The topological polar surface area (TPSA) is 180 Å². The largest absolute Gasteiger partial charge is 0.478 e. The molecule has 3 saturated heterocycles. The summed E-state index contributed by atoms with van der Waals surface area (Å²) in [6.07, 6.45) is 7.19. The Hall–Kier alpha value is -5.72. The van der Waals surface area contributed by atoms with E-state index in [1.165, 1.54) is 34.8 Å². The summed E-state index contributed by atoms with van der Waals surface area (Å²) < 4.78 is 45.7. The monoisotopic (exact) mass is 915 g/mol. The highest BCUT2D eigenvalue weighted by molar-refractivity contribution is 6.33. The molecule has 4 aliphatic heterocycles. The summed E-state index contributed by atoms with van der Waals surface area (Å²) in [5.41, 5.74) is 1.23. The Morgan fingerprint density at radius 1 is 0.969 bits per heavy atom. The van der Waals surface area contributed by atoms with Gasteiger partial charge in [-0.05, 0) is 108 Å². The second kappa shape index (κ2) is 18.3. The first-order valence-electron chi connectivity index (χ1n) is 22.4. The molecule has 1 unspecified atom stereocenters. The molecule has 19 heteroatoms. The number of likely N-dealkylation sites (tertiary alicyclic amines) is 1. The number of amides is 4.